The maximum absolute atomic E-state index is 11.0. The molecule has 0 aromatic heterocycles. The molecule has 0 aliphatic rings. The molecule has 6 heteroatoms. The van der Waals surface area contributed by atoms with Crippen molar-refractivity contribution in [2.45, 2.75) is 43.9 Å². The molecule has 0 saturated carbocycles. The number of ether oxygens (including phenoxy) is 1. The van der Waals surface area contributed by atoms with Gasteiger partial charge in [-0.2, -0.15) is 8.42 Å². The van der Waals surface area contributed by atoms with Gasteiger partial charge in [-0.05, 0) is 42.7 Å². The minimum Gasteiger partial charge on any atom is -0.506 e. The van der Waals surface area contributed by atoms with Crippen LogP contribution in [0.5, 0.6) is 17.2 Å². The van der Waals surface area contributed by atoms with Crippen LogP contribution in [0.25, 0.3) is 0 Å². The minimum absolute atomic E-state index is 0.288. The fourth-order valence-electron chi connectivity index (χ4n) is 2.39. The molecular formula is C18H22O5S. The molecule has 2 aromatic carbocycles. The second kappa shape index (κ2) is 8.17. The highest BCUT2D eigenvalue weighted by Gasteiger charge is 2.15. The molecule has 0 radical (unpaired) electrons. The summed E-state index contributed by atoms with van der Waals surface area (Å²) >= 11 is 0. The number of rotatable bonds is 8. The van der Waals surface area contributed by atoms with Gasteiger partial charge >= 0.3 is 0 Å². The highest BCUT2D eigenvalue weighted by Crippen LogP contribution is 2.30. The topological polar surface area (TPSA) is 83.8 Å². The van der Waals surface area contributed by atoms with Crippen molar-refractivity contribution in [1.29, 1.82) is 0 Å². The standard InChI is InChI=1S/C18H22O5S/c1-2-3-4-5-6-14-7-9-15(10-8-14)23-16-11-12-18(17(19)13-16)24(20,21)22/h7-13,19H,2-6H2,1H3,(H,20,21,22). The Kier molecular flexibility index (Phi) is 6.23. The fraction of sp³-hybridized carbons (Fsp3) is 0.333. The van der Waals surface area contributed by atoms with Gasteiger partial charge in [-0.15, -0.1) is 0 Å². The molecule has 130 valence electrons. The monoisotopic (exact) mass is 350 g/mol. The summed E-state index contributed by atoms with van der Waals surface area (Å²) in [4.78, 5) is -0.544. The molecule has 0 spiro atoms. The van der Waals surface area contributed by atoms with Crippen LogP contribution in [-0.2, 0) is 16.5 Å². The Bertz CT molecular complexity index is 766. The van der Waals surface area contributed by atoms with Crippen LogP contribution in [0.4, 0.5) is 0 Å². The number of hydrogen-bond acceptors (Lipinski definition) is 4. The maximum Gasteiger partial charge on any atom is 0.298 e. The Hall–Kier alpha value is -2.05. The number of aryl methyl sites for hydroxylation is 1. The van der Waals surface area contributed by atoms with E-state index < -0.39 is 20.8 Å². The third-order valence-electron chi connectivity index (χ3n) is 3.69. The Morgan fingerprint density at radius 2 is 1.62 bits per heavy atom. The molecule has 0 bridgehead atoms. The van der Waals surface area contributed by atoms with Crippen molar-refractivity contribution in [3.05, 3.63) is 48.0 Å². The highest BCUT2D eigenvalue weighted by atomic mass is 32.2. The average Bonchev–Trinajstić information content (AvgIpc) is 2.52. The van der Waals surface area contributed by atoms with Gasteiger partial charge in [-0.3, -0.25) is 4.55 Å². The largest absolute Gasteiger partial charge is 0.506 e. The third kappa shape index (κ3) is 5.25. The zero-order valence-electron chi connectivity index (χ0n) is 13.6. The van der Waals surface area contributed by atoms with Crippen molar-refractivity contribution in [2.75, 3.05) is 0 Å². The Labute approximate surface area is 142 Å². The van der Waals surface area contributed by atoms with E-state index in [0.717, 1.165) is 18.6 Å². The smallest absolute Gasteiger partial charge is 0.298 e. The second-order valence-corrected chi connectivity index (χ2v) is 7.05. The quantitative estimate of drug-likeness (QED) is 0.539. The SMILES string of the molecule is CCCCCCc1ccc(Oc2ccc(S(=O)(=O)O)c(O)c2)cc1. The van der Waals surface area contributed by atoms with Gasteiger partial charge in [-0.25, -0.2) is 0 Å². The summed E-state index contributed by atoms with van der Waals surface area (Å²) in [6.07, 6.45) is 5.90. The van der Waals surface area contributed by atoms with Crippen molar-refractivity contribution in [3.63, 3.8) is 0 Å². The summed E-state index contributed by atoms with van der Waals surface area (Å²) in [5, 5.41) is 9.67. The summed E-state index contributed by atoms with van der Waals surface area (Å²) in [5.74, 6) is 0.324. The molecule has 2 rings (SSSR count). The first kappa shape index (κ1) is 18.3. The molecule has 2 N–H and O–H groups in total. The van der Waals surface area contributed by atoms with E-state index in [2.05, 4.69) is 6.92 Å². The Morgan fingerprint density at radius 1 is 0.958 bits per heavy atom. The number of benzene rings is 2. The average molecular weight is 350 g/mol. The number of aromatic hydroxyl groups is 1. The van der Waals surface area contributed by atoms with Gasteiger partial charge in [0.15, 0.2) is 0 Å². The minimum atomic E-state index is -4.45. The van der Waals surface area contributed by atoms with E-state index in [4.69, 9.17) is 9.29 Å². The summed E-state index contributed by atoms with van der Waals surface area (Å²) < 4.78 is 36.6. The van der Waals surface area contributed by atoms with Crippen LogP contribution >= 0.6 is 0 Å². The number of unbranched alkanes of at least 4 members (excludes halogenated alkanes) is 3. The first-order valence-corrected chi connectivity index (χ1v) is 9.41. The van der Waals surface area contributed by atoms with Gasteiger partial charge in [0, 0.05) is 6.07 Å². The molecule has 0 atom stereocenters. The highest BCUT2D eigenvalue weighted by molar-refractivity contribution is 7.86. The third-order valence-corrected chi connectivity index (χ3v) is 4.59. The normalized spacial score (nSPS) is 11.4. The molecule has 0 aliphatic carbocycles. The Balaban J connectivity index is 2.00. The van der Waals surface area contributed by atoms with E-state index in [9.17, 15) is 13.5 Å². The molecule has 0 saturated heterocycles. The molecule has 2 aromatic rings. The lowest BCUT2D eigenvalue weighted by atomic mass is 10.1. The van der Waals surface area contributed by atoms with E-state index in [1.807, 2.05) is 24.3 Å². The van der Waals surface area contributed by atoms with Crippen LogP contribution in [0.15, 0.2) is 47.4 Å². The second-order valence-electron chi connectivity index (χ2n) is 5.66. The van der Waals surface area contributed by atoms with Crippen LogP contribution in [-0.4, -0.2) is 18.1 Å². The van der Waals surface area contributed by atoms with E-state index in [1.54, 1.807) is 0 Å². The van der Waals surface area contributed by atoms with E-state index in [0.29, 0.717) is 5.75 Å². The van der Waals surface area contributed by atoms with Crippen LogP contribution < -0.4 is 4.74 Å². The summed E-state index contributed by atoms with van der Waals surface area (Å²) in [7, 11) is -4.45. The molecule has 0 amide bonds. The lowest BCUT2D eigenvalue weighted by Gasteiger charge is -2.08. The van der Waals surface area contributed by atoms with Crippen LogP contribution in [0.3, 0.4) is 0 Å². The van der Waals surface area contributed by atoms with E-state index in [1.165, 1.54) is 37.3 Å². The van der Waals surface area contributed by atoms with Gasteiger partial charge < -0.3 is 9.84 Å². The van der Waals surface area contributed by atoms with Crippen LogP contribution in [0, 0.1) is 0 Å². The zero-order chi connectivity index (χ0) is 17.6. The van der Waals surface area contributed by atoms with Crippen molar-refractivity contribution in [1.82, 2.24) is 0 Å². The number of phenols is 1. The van der Waals surface area contributed by atoms with Gasteiger partial charge in [0.05, 0.1) is 0 Å². The van der Waals surface area contributed by atoms with Crippen molar-refractivity contribution < 1.29 is 22.8 Å². The summed E-state index contributed by atoms with van der Waals surface area (Å²) in [6, 6.07) is 11.3. The van der Waals surface area contributed by atoms with Gasteiger partial charge in [0.2, 0.25) is 0 Å². The van der Waals surface area contributed by atoms with Crippen molar-refractivity contribution >= 4 is 10.1 Å². The lowest BCUT2D eigenvalue weighted by molar-refractivity contribution is 0.433. The molecular weight excluding hydrogens is 328 g/mol. The van der Waals surface area contributed by atoms with Gasteiger partial charge in [-0.1, -0.05) is 38.3 Å². The molecule has 24 heavy (non-hydrogen) atoms. The van der Waals surface area contributed by atoms with Gasteiger partial charge in [0.25, 0.3) is 10.1 Å². The zero-order valence-corrected chi connectivity index (χ0v) is 14.4. The predicted molar refractivity (Wildman–Crippen MR) is 92.3 cm³/mol. The lowest BCUT2D eigenvalue weighted by Crippen LogP contribution is -1.98. The van der Waals surface area contributed by atoms with E-state index >= 15 is 0 Å². The first-order valence-electron chi connectivity index (χ1n) is 7.97. The Morgan fingerprint density at radius 3 is 2.21 bits per heavy atom. The van der Waals surface area contributed by atoms with E-state index in [-0.39, 0.29) is 5.75 Å². The summed E-state index contributed by atoms with van der Waals surface area (Å²) in [5.41, 5.74) is 1.24. The molecule has 0 fully saturated rings. The maximum atomic E-state index is 11.0. The first-order chi connectivity index (χ1) is 11.4. The van der Waals surface area contributed by atoms with Gasteiger partial charge in [0.1, 0.15) is 22.1 Å². The predicted octanol–water partition coefficient (Wildman–Crippen LogP) is 4.55. The van der Waals surface area contributed by atoms with Crippen molar-refractivity contribution in [2.24, 2.45) is 0 Å². The van der Waals surface area contributed by atoms with Crippen molar-refractivity contribution in [3.8, 4) is 17.2 Å². The molecule has 0 aliphatic heterocycles. The number of phenolic OH excluding ortho intramolecular Hbond substituents is 1. The van der Waals surface area contributed by atoms with Crippen LogP contribution in [0.1, 0.15) is 38.2 Å². The molecule has 0 unspecified atom stereocenters. The molecule has 5 nitrogen and oxygen atoms in total. The van der Waals surface area contributed by atoms with Crippen LogP contribution in [0.2, 0.25) is 0 Å². The number of hydrogen-bond donors (Lipinski definition) is 2. The summed E-state index contributed by atoms with van der Waals surface area (Å²) in [6.45, 7) is 2.19. The molecule has 0 heterocycles. The fourth-order valence-corrected chi connectivity index (χ4v) is 2.96.